The van der Waals surface area contributed by atoms with Crippen LogP contribution in [0, 0.1) is 23.6 Å². The number of carbonyl (C=O) groups excluding carboxylic acids is 2. The monoisotopic (exact) mass is 586 g/mol. The van der Waals surface area contributed by atoms with E-state index in [9.17, 15) is 24.1 Å². The molecule has 2 amide bonds. The number of halogens is 1. The molecule has 2 aromatic heterocycles. The molecule has 4 atom stereocenters. The summed E-state index contributed by atoms with van der Waals surface area (Å²) in [6.07, 6.45) is 5.64. The van der Waals surface area contributed by atoms with E-state index in [-0.39, 0.29) is 30.6 Å². The van der Waals surface area contributed by atoms with E-state index in [2.05, 4.69) is 11.9 Å². The van der Waals surface area contributed by atoms with E-state index < -0.39 is 36.6 Å². The highest BCUT2D eigenvalue weighted by Crippen LogP contribution is 2.51. The maximum absolute atomic E-state index is 14.1. The quantitative estimate of drug-likeness (QED) is 0.199. The van der Waals surface area contributed by atoms with Crippen LogP contribution in [0.3, 0.4) is 0 Å². The normalized spacial score (nSPS) is 24.3. The highest BCUT2D eigenvalue weighted by Gasteiger charge is 2.57. The van der Waals surface area contributed by atoms with Gasteiger partial charge in [0.05, 0.1) is 30.2 Å². The summed E-state index contributed by atoms with van der Waals surface area (Å²) in [5.41, 5.74) is 4.33. The Bertz CT molecular complexity index is 1540. The zero-order valence-corrected chi connectivity index (χ0v) is 24.1. The fraction of sp³-hybridized carbons (Fsp3) is 0.344. The number of imide groups is 1. The van der Waals surface area contributed by atoms with Crippen molar-refractivity contribution in [3.05, 3.63) is 93.2 Å². The molecule has 3 aromatic rings. The molecule has 0 radical (unpaired) electrons. The lowest BCUT2D eigenvalue weighted by atomic mass is 9.58. The van der Waals surface area contributed by atoms with Gasteiger partial charge in [0.1, 0.15) is 0 Å². The Hall–Kier alpha value is -3.60. The Labute approximate surface area is 248 Å². The average Bonchev–Trinajstić information content (AvgIpc) is 3.59. The van der Waals surface area contributed by atoms with Crippen LogP contribution in [-0.4, -0.2) is 45.1 Å². The molecule has 1 aliphatic carbocycles. The van der Waals surface area contributed by atoms with Crippen LogP contribution in [0.15, 0.2) is 71.3 Å². The number of carbonyl (C=O) groups is 2. The number of aromatic hydroxyl groups is 1. The second kappa shape index (κ2) is 12.0. The minimum atomic E-state index is -1.05. The first-order chi connectivity index (χ1) is 20.3. The number of thiophene rings is 1. The number of hydrogen-bond donors (Lipinski definition) is 2. The second-order valence-electron chi connectivity index (χ2n) is 11.1. The van der Waals surface area contributed by atoms with Gasteiger partial charge in [-0.05, 0) is 96.4 Å². The van der Waals surface area contributed by atoms with E-state index >= 15 is 0 Å². The molecule has 2 N–H and O–H groups in total. The van der Waals surface area contributed by atoms with Crippen molar-refractivity contribution < 1.29 is 28.8 Å². The maximum Gasteiger partial charge on any atom is 0.455 e. The Morgan fingerprint density at radius 2 is 2.05 bits per heavy atom. The molecule has 42 heavy (non-hydrogen) atoms. The summed E-state index contributed by atoms with van der Waals surface area (Å²) in [4.78, 5) is 34.1. The Morgan fingerprint density at radius 1 is 1.19 bits per heavy atom. The van der Waals surface area contributed by atoms with Crippen molar-refractivity contribution in [2.75, 3.05) is 0 Å². The summed E-state index contributed by atoms with van der Waals surface area (Å²) in [7, 11) is -1.05. The van der Waals surface area contributed by atoms with Gasteiger partial charge in [-0.2, -0.15) is 0 Å². The van der Waals surface area contributed by atoms with Gasteiger partial charge in [-0.15, -0.1) is 11.3 Å². The molecule has 6 rings (SSSR count). The number of phenols is 1. The number of phenolic OH excluding ortho intramolecular Hbond substituents is 1. The number of likely N-dealkylation sites (tertiary alicyclic amines) is 1. The van der Waals surface area contributed by atoms with Gasteiger partial charge in [-0.1, -0.05) is 30.7 Å². The fourth-order valence-electron chi connectivity index (χ4n) is 6.81. The zero-order chi connectivity index (χ0) is 29.4. The summed E-state index contributed by atoms with van der Waals surface area (Å²) in [6, 6.07) is 13.7. The number of hydrogen-bond acceptors (Lipinski definition) is 7. The number of benzene rings is 1. The van der Waals surface area contributed by atoms with Gasteiger partial charge >= 0.3 is 7.12 Å². The van der Waals surface area contributed by atoms with Gasteiger partial charge < -0.3 is 14.8 Å². The van der Waals surface area contributed by atoms with Crippen LogP contribution in [-0.2, 0) is 20.8 Å². The highest BCUT2D eigenvalue weighted by atomic mass is 32.1. The minimum Gasteiger partial charge on any atom is -0.505 e. The van der Waals surface area contributed by atoms with E-state index in [1.54, 1.807) is 12.3 Å². The molecule has 3 aliphatic rings. The third-order valence-electron chi connectivity index (χ3n) is 8.70. The SMILES string of the molecule is CCC1=C2[C@@H](CC/C(=C/c3ccc(O)c(F)c3)c3ccccn3)OB(O)C[C@@H]2[C@@H]2C(=O)N(Cc3cccs3)C(=O)[C@@H]2C1. The predicted molar refractivity (Wildman–Crippen MR) is 159 cm³/mol. The minimum absolute atomic E-state index is 0.123. The number of fused-ring (bicyclic) bond motifs is 3. The van der Waals surface area contributed by atoms with Crippen molar-refractivity contribution in [1.29, 1.82) is 0 Å². The van der Waals surface area contributed by atoms with Crippen LogP contribution in [0.2, 0.25) is 6.32 Å². The molecule has 0 unspecified atom stereocenters. The van der Waals surface area contributed by atoms with E-state index in [0.29, 0.717) is 24.8 Å². The number of pyridine rings is 1. The first-order valence-corrected chi connectivity index (χ1v) is 15.3. The van der Waals surface area contributed by atoms with Gasteiger partial charge in [0.15, 0.2) is 11.6 Å². The third-order valence-corrected chi connectivity index (χ3v) is 9.56. The topological polar surface area (TPSA) is 100.0 Å². The Morgan fingerprint density at radius 3 is 2.76 bits per heavy atom. The molecule has 2 fully saturated rings. The molecule has 0 saturated carbocycles. The number of amides is 2. The number of rotatable bonds is 8. The smallest absolute Gasteiger partial charge is 0.455 e. The van der Waals surface area contributed by atoms with Crippen LogP contribution in [0.25, 0.3) is 11.6 Å². The lowest BCUT2D eigenvalue weighted by molar-refractivity contribution is -0.140. The van der Waals surface area contributed by atoms with Gasteiger partial charge in [0, 0.05) is 11.1 Å². The summed E-state index contributed by atoms with van der Waals surface area (Å²) in [5.74, 6) is -2.59. The van der Waals surface area contributed by atoms with Crippen molar-refractivity contribution in [1.82, 2.24) is 9.88 Å². The van der Waals surface area contributed by atoms with Gasteiger partial charge in [0.2, 0.25) is 11.8 Å². The molecule has 2 saturated heterocycles. The summed E-state index contributed by atoms with van der Waals surface area (Å²) in [5, 5.41) is 22.4. The van der Waals surface area contributed by atoms with E-state index in [0.717, 1.165) is 33.7 Å². The second-order valence-corrected chi connectivity index (χ2v) is 12.2. The molecule has 0 spiro atoms. The summed E-state index contributed by atoms with van der Waals surface area (Å²) >= 11 is 1.52. The van der Waals surface area contributed by atoms with E-state index in [4.69, 9.17) is 4.65 Å². The first-order valence-electron chi connectivity index (χ1n) is 14.4. The van der Waals surface area contributed by atoms with E-state index in [1.807, 2.05) is 41.8 Å². The van der Waals surface area contributed by atoms with Crippen molar-refractivity contribution in [2.24, 2.45) is 17.8 Å². The Kier molecular flexibility index (Phi) is 8.12. The predicted octanol–water partition coefficient (Wildman–Crippen LogP) is 5.72. The first kappa shape index (κ1) is 28.5. The summed E-state index contributed by atoms with van der Waals surface area (Å²) in [6.45, 7) is 2.34. The number of aromatic nitrogens is 1. The average molecular weight is 586 g/mol. The molecular weight excluding hydrogens is 554 g/mol. The lowest BCUT2D eigenvalue weighted by Gasteiger charge is -2.43. The Balaban J connectivity index is 1.29. The van der Waals surface area contributed by atoms with Crippen molar-refractivity contribution in [2.45, 2.75) is 51.6 Å². The van der Waals surface area contributed by atoms with Crippen LogP contribution >= 0.6 is 11.3 Å². The number of allylic oxidation sites excluding steroid dienone is 2. The molecular formula is C32H32BFN2O5S. The van der Waals surface area contributed by atoms with Gasteiger partial charge in [0.25, 0.3) is 0 Å². The van der Waals surface area contributed by atoms with Crippen LogP contribution in [0.4, 0.5) is 4.39 Å². The third kappa shape index (κ3) is 5.46. The molecule has 1 aromatic carbocycles. The van der Waals surface area contributed by atoms with E-state index in [1.165, 1.54) is 28.4 Å². The lowest BCUT2D eigenvalue weighted by Crippen LogP contribution is -2.46. The fourth-order valence-corrected chi connectivity index (χ4v) is 7.50. The molecule has 7 nitrogen and oxygen atoms in total. The molecule has 0 bridgehead atoms. The van der Waals surface area contributed by atoms with Gasteiger partial charge in [-0.25, -0.2) is 4.39 Å². The molecule has 2 aliphatic heterocycles. The van der Waals surface area contributed by atoms with Crippen LogP contribution in [0.1, 0.15) is 48.7 Å². The zero-order valence-electron chi connectivity index (χ0n) is 23.3. The molecule has 216 valence electrons. The van der Waals surface area contributed by atoms with Crippen molar-refractivity contribution >= 4 is 41.9 Å². The standard InChI is InChI=1S/C32H32BFN2O5S/c1-2-20-16-23-30(32(39)36(31(23)38)18-22-6-5-13-42-22)24-17-33(40)41-28(29(20)24)11-9-21(26-7-3-4-12-35-26)14-19-8-10-27(37)25(34)15-19/h3-8,10,12-15,23-24,28,30,37,40H,2,9,11,16-18H2,1H3/b21-14-/t23-,24+,28-,30-/m1/s1. The number of nitrogens with zero attached hydrogens (tertiary/aromatic N) is 2. The highest BCUT2D eigenvalue weighted by molar-refractivity contribution is 7.09. The maximum atomic E-state index is 14.1. The van der Waals surface area contributed by atoms with Crippen molar-refractivity contribution in [3.8, 4) is 5.75 Å². The van der Waals surface area contributed by atoms with Crippen molar-refractivity contribution in [3.63, 3.8) is 0 Å². The largest absolute Gasteiger partial charge is 0.505 e. The summed E-state index contributed by atoms with van der Waals surface area (Å²) < 4.78 is 20.2. The van der Waals surface area contributed by atoms with Gasteiger partial charge in [-0.3, -0.25) is 19.5 Å². The molecule has 10 heteroatoms. The van der Waals surface area contributed by atoms with Crippen LogP contribution < -0.4 is 0 Å². The molecule has 4 heterocycles. The van der Waals surface area contributed by atoms with Crippen LogP contribution in [0.5, 0.6) is 5.75 Å².